The van der Waals surface area contributed by atoms with E-state index < -0.39 is 0 Å². The van der Waals surface area contributed by atoms with Gasteiger partial charge in [0.1, 0.15) is 0 Å². The lowest BCUT2D eigenvalue weighted by Crippen LogP contribution is -1.88. The van der Waals surface area contributed by atoms with Gasteiger partial charge in [-0.05, 0) is 33.0 Å². The maximum absolute atomic E-state index is 4.73. The fourth-order valence-electron chi connectivity index (χ4n) is 3.58. The molecule has 0 fully saturated rings. The van der Waals surface area contributed by atoms with Crippen LogP contribution in [0, 0.1) is 0 Å². The summed E-state index contributed by atoms with van der Waals surface area (Å²) in [6, 6.07) is 30.0. The normalized spacial score (nSPS) is 11.3. The highest BCUT2D eigenvalue weighted by Crippen LogP contribution is 2.34. The Morgan fingerprint density at radius 3 is 2.04 bits per heavy atom. The average molecular weight is 305 g/mol. The molecule has 5 aromatic rings. The number of pyridine rings is 1. The maximum atomic E-state index is 4.73. The minimum Gasteiger partial charge on any atom is -0.256 e. The first kappa shape index (κ1) is 13.3. The molecule has 112 valence electrons. The molecule has 0 aliphatic heterocycles. The number of nitrogens with zero attached hydrogens (tertiary/aromatic N) is 1. The zero-order chi connectivity index (χ0) is 15.9. The first-order valence-corrected chi connectivity index (χ1v) is 8.16. The fourth-order valence-corrected chi connectivity index (χ4v) is 3.58. The van der Waals surface area contributed by atoms with Crippen LogP contribution in [0.2, 0.25) is 0 Å². The third-order valence-electron chi connectivity index (χ3n) is 4.72. The van der Waals surface area contributed by atoms with E-state index in [4.69, 9.17) is 4.98 Å². The molecule has 0 atom stereocenters. The van der Waals surface area contributed by atoms with Crippen molar-refractivity contribution < 1.29 is 0 Å². The van der Waals surface area contributed by atoms with Crippen molar-refractivity contribution in [1.29, 1.82) is 0 Å². The molecule has 0 amide bonds. The van der Waals surface area contributed by atoms with Gasteiger partial charge in [0.25, 0.3) is 0 Å². The maximum Gasteiger partial charge on any atom is 0.0786 e. The van der Waals surface area contributed by atoms with E-state index >= 15 is 0 Å². The second-order valence-electron chi connectivity index (χ2n) is 6.07. The third kappa shape index (κ3) is 1.92. The van der Waals surface area contributed by atoms with Gasteiger partial charge in [0, 0.05) is 17.1 Å². The molecule has 1 heterocycles. The highest BCUT2D eigenvalue weighted by atomic mass is 14.7. The largest absolute Gasteiger partial charge is 0.256 e. The number of hydrogen-bond acceptors (Lipinski definition) is 1. The lowest BCUT2D eigenvalue weighted by Gasteiger charge is -2.11. The molecule has 5 rings (SSSR count). The molecule has 0 unspecified atom stereocenters. The molecule has 1 heteroatoms. The Labute approximate surface area is 140 Å². The number of benzene rings is 4. The van der Waals surface area contributed by atoms with Crippen molar-refractivity contribution in [3.8, 4) is 11.3 Å². The van der Waals surface area contributed by atoms with Crippen molar-refractivity contribution >= 4 is 32.3 Å². The number of fused-ring (bicyclic) bond motifs is 4. The molecule has 0 spiro atoms. The summed E-state index contributed by atoms with van der Waals surface area (Å²) in [6.07, 6.45) is 1.92. The average Bonchev–Trinajstić information content (AvgIpc) is 2.67. The molecule has 4 aromatic carbocycles. The second-order valence-corrected chi connectivity index (χ2v) is 6.07. The zero-order valence-corrected chi connectivity index (χ0v) is 13.1. The fraction of sp³-hybridized carbons (Fsp3) is 0. The molecule has 0 saturated heterocycles. The summed E-state index contributed by atoms with van der Waals surface area (Å²) < 4.78 is 0. The molecule has 0 bridgehead atoms. The Kier molecular flexibility index (Phi) is 2.86. The van der Waals surface area contributed by atoms with Crippen molar-refractivity contribution in [2.45, 2.75) is 0 Å². The molecule has 1 aromatic heterocycles. The topological polar surface area (TPSA) is 12.9 Å². The van der Waals surface area contributed by atoms with E-state index in [0.717, 1.165) is 5.69 Å². The Bertz CT molecular complexity index is 1200. The minimum atomic E-state index is 1.05. The van der Waals surface area contributed by atoms with E-state index in [-0.39, 0.29) is 0 Å². The van der Waals surface area contributed by atoms with Crippen molar-refractivity contribution in [2.24, 2.45) is 0 Å². The van der Waals surface area contributed by atoms with Crippen LogP contribution in [0.4, 0.5) is 0 Å². The van der Waals surface area contributed by atoms with Gasteiger partial charge in [-0.25, -0.2) is 0 Å². The summed E-state index contributed by atoms with van der Waals surface area (Å²) in [5.41, 5.74) is 2.24. The van der Waals surface area contributed by atoms with Gasteiger partial charge in [-0.2, -0.15) is 0 Å². The van der Waals surface area contributed by atoms with Crippen LogP contribution in [0.15, 0.2) is 91.1 Å². The summed E-state index contributed by atoms with van der Waals surface area (Å²) in [7, 11) is 0. The first-order chi connectivity index (χ1) is 11.9. The Morgan fingerprint density at radius 1 is 0.458 bits per heavy atom. The molecule has 1 nitrogen and oxygen atoms in total. The lowest BCUT2D eigenvalue weighted by atomic mass is 9.96. The van der Waals surface area contributed by atoms with Crippen LogP contribution in [0.25, 0.3) is 43.6 Å². The van der Waals surface area contributed by atoms with Gasteiger partial charge in [0.2, 0.25) is 0 Å². The molecule has 0 aliphatic carbocycles. The van der Waals surface area contributed by atoms with Gasteiger partial charge in [-0.15, -0.1) is 0 Å². The number of rotatable bonds is 1. The Morgan fingerprint density at radius 2 is 1.17 bits per heavy atom. The summed E-state index contributed by atoms with van der Waals surface area (Å²) in [4.78, 5) is 4.73. The van der Waals surface area contributed by atoms with E-state index in [1.54, 1.807) is 0 Å². The monoisotopic (exact) mass is 305 g/mol. The van der Waals surface area contributed by atoms with E-state index in [9.17, 15) is 0 Å². The van der Waals surface area contributed by atoms with Crippen LogP contribution < -0.4 is 0 Å². The third-order valence-corrected chi connectivity index (χ3v) is 4.72. The van der Waals surface area contributed by atoms with E-state index in [1.807, 2.05) is 6.20 Å². The molecule has 0 N–H and O–H groups in total. The molecule has 0 aliphatic rings. The van der Waals surface area contributed by atoms with Crippen LogP contribution in [0.5, 0.6) is 0 Å². The lowest BCUT2D eigenvalue weighted by molar-refractivity contribution is 1.37. The van der Waals surface area contributed by atoms with E-state index in [1.165, 1.54) is 37.9 Å². The highest BCUT2D eigenvalue weighted by molar-refractivity contribution is 6.13. The summed E-state index contributed by atoms with van der Waals surface area (Å²) in [5.74, 6) is 0. The van der Waals surface area contributed by atoms with Crippen molar-refractivity contribution in [3.63, 3.8) is 0 Å². The van der Waals surface area contributed by atoms with Crippen LogP contribution in [0.1, 0.15) is 0 Å². The predicted molar refractivity (Wildman–Crippen MR) is 102 cm³/mol. The van der Waals surface area contributed by atoms with Gasteiger partial charge in [0.05, 0.1) is 5.69 Å². The highest BCUT2D eigenvalue weighted by Gasteiger charge is 2.10. The molecule has 24 heavy (non-hydrogen) atoms. The molecule has 0 radical (unpaired) electrons. The van der Waals surface area contributed by atoms with Crippen LogP contribution in [-0.4, -0.2) is 4.98 Å². The van der Waals surface area contributed by atoms with Crippen LogP contribution >= 0.6 is 0 Å². The second kappa shape index (κ2) is 5.17. The van der Waals surface area contributed by atoms with Crippen molar-refractivity contribution in [3.05, 3.63) is 91.1 Å². The smallest absolute Gasteiger partial charge is 0.0786 e. The van der Waals surface area contributed by atoms with E-state index in [2.05, 4.69) is 84.9 Å². The van der Waals surface area contributed by atoms with E-state index in [0.29, 0.717) is 0 Å². The molecule has 0 saturated carbocycles. The Balaban J connectivity index is 1.91. The first-order valence-electron chi connectivity index (χ1n) is 8.16. The number of hydrogen-bond donors (Lipinski definition) is 0. The van der Waals surface area contributed by atoms with Crippen LogP contribution in [0.3, 0.4) is 0 Å². The Hall–Kier alpha value is -3.19. The van der Waals surface area contributed by atoms with Crippen molar-refractivity contribution in [1.82, 2.24) is 4.98 Å². The van der Waals surface area contributed by atoms with Gasteiger partial charge in [0.15, 0.2) is 0 Å². The summed E-state index contributed by atoms with van der Waals surface area (Å²) >= 11 is 0. The quantitative estimate of drug-likeness (QED) is 0.336. The van der Waals surface area contributed by atoms with Gasteiger partial charge in [-0.1, -0.05) is 78.9 Å². The minimum absolute atomic E-state index is 1.05. The van der Waals surface area contributed by atoms with Gasteiger partial charge < -0.3 is 0 Å². The zero-order valence-electron chi connectivity index (χ0n) is 13.1. The predicted octanol–water partition coefficient (Wildman–Crippen LogP) is 6.21. The molecular formula is C23H15N. The molecular weight excluding hydrogens is 290 g/mol. The SMILES string of the molecule is c1ccc2c(-c3nccc4c3ccc3ccccc34)cccc2c1. The van der Waals surface area contributed by atoms with Crippen LogP contribution in [-0.2, 0) is 0 Å². The van der Waals surface area contributed by atoms with Gasteiger partial charge >= 0.3 is 0 Å². The number of aromatic nitrogens is 1. The summed E-state index contributed by atoms with van der Waals surface area (Å²) in [5, 5.41) is 7.49. The standard InChI is InChI=1S/C23H15N/c1-4-10-19-16(6-1)8-5-11-21(19)23-22-13-12-17-7-2-3-9-18(17)20(22)14-15-24-23/h1-15H. The summed E-state index contributed by atoms with van der Waals surface area (Å²) in [6.45, 7) is 0. The van der Waals surface area contributed by atoms with Crippen molar-refractivity contribution in [2.75, 3.05) is 0 Å². The van der Waals surface area contributed by atoms with Gasteiger partial charge in [-0.3, -0.25) is 4.98 Å².